The molecule has 0 atom stereocenters. The molecule has 0 aliphatic carbocycles. The third-order valence-electron chi connectivity index (χ3n) is 0. The zero-order valence-corrected chi connectivity index (χ0v) is 17.9. The SMILES string of the molecule is F[PH+](F)F.F[PH+](F)F.F[PH+](F)F.F[PH+](F)F.F[PH+](F)F.F[PH+](F)F.[Ru]. The van der Waals surface area contributed by atoms with E-state index in [1.54, 1.807) is 0 Å². The van der Waals surface area contributed by atoms with Gasteiger partial charge in [0.15, 0.2) is 0 Å². The fourth-order valence-corrected chi connectivity index (χ4v) is 0. The molecule has 25 heteroatoms. The molecule has 0 aromatic rings. The van der Waals surface area contributed by atoms with E-state index in [2.05, 4.69) is 0 Å². The quantitative estimate of drug-likeness (QED) is 0.141. The molecular formula is H6F18P6Ru+6. The third-order valence-corrected chi connectivity index (χ3v) is 0. The van der Waals surface area contributed by atoms with Gasteiger partial charge in [0.1, 0.15) is 0 Å². The minimum Gasteiger partial charge on any atom is 0 e. The second kappa shape index (κ2) is 40.6. The molecule has 0 aromatic carbocycles. The molecule has 0 amide bonds. The summed E-state index contributed by atoms with van der Waals surface area (Å²) in [5, 5.41) is 0. The van der Waals surface area contributed by atoms with Gasteiger partial charge in [-0.25, -0.2) is 0 Å². The van der Waals surface area contributed by atoms with Gasteiger partial charge < -0.3 is 0 Å². The first-order valence-corrected chi connectivity index (χ1v) is 10.2. The van der Waals surface area contributed by atoms with Gasteiger partial charge in [-0.2, -0.15) is 0 Å². The van der Waals surface area contributed by atoms with E-state index < -0.39 is 53.1 Å². The summed E-state index contributed by atoms with van der Waals surface area (Å²) in [7, 11) is -26.3. The van der Waals surface area contributed by atoms with Crippen molar-refractivity contribution >= 4 is 53.1 Å². The molecule has 0 aliphatic heterocycles. The minimum atomic E-state index is -4.38. The topological polar surface area (TPSA) is 0 Å². The van der Waals surface area contributed by atoms with Gasteiger partial charge in [0, 0.05) is 95.0 Å². The van der Waals surface area contributed by atoms with Crippen molar-refractivity contribution in [2.75, 3.05) is 0 Å². The van der Waals surface area contributed by atoms with Crippen LogP contribution in [0.5, 0.6) is 0 Å². The fraction of sp³-hybridized carbons (Fsp3) is 0. The zero-order valence-electron chi connectivity index (χ0n) is 10.2. The van der Waals surface area contributed by atoms with Crippen molar-refractivity contribution in [1.82, 2.24) is 0 Å². The Labute approximate surface area is 148 Å². The van der Waals surface area contributed by atoms with Gasteiger partial charge in [0.2, 0.25) is 0 Å². The van der Waals surface area contributed by atoms with Crippen molar-refractivity contribution in [3.63, 3.8) is 0 Å². The Morgan fingerprint density at radius 1 is 0.200 bits per heavy atom. The Hall–Kier alpha value is 1.94. The second-order valence-electron chi connectivity index (χ2n) is 1.29. The molecule has 0 spiro atoms. The van der Waals surface area contributed by atoms with Gasteiger partial charge in [-0.1, -0.05) is 0 Å². The molecular weight excluding hydrogens is 629 g/mol. The molecule has 0 rings (SSSR count). The summed E-state index contributed by atoms with van der Waals surface area (Å²) in [6, 6.07) is 0. The fourth-order valence-electron chi connectivity index (χ4n) is 0. The Kier molecular flexibility index (Phi) is 74.0. The van der Waals surface area contributed by atoms with Crippen LogP contribution in [0.15, 0.2) is 0 Å². The van der Waals surface area contributed by atoms with Gasteiger partial charge in [0.05, 0.1) is 0 Å². The summed E-state index contributed by atoms with van der Waals surface area (Å²) in [6.07, 6.45) is 0. The number of hydrogen-bond donors (Lipinski definition) is 0. The van der Waals surface area contributed by atoms with Crippen molar-refractivity contribution in [1.29, 1.82) is 0 Å². The van der Waals surface area contributed by atoms with Crippen molar-refractivity contribution in [2.45, 2.75) is 0 Å². The maximum atomic E-state index is 9.77. The molecule has 0 nitrogen and oxygen atoms in total. The summed E-state index contributed by atoms with van der Waals surface area (Å²) < 4.78 is 176. The number of rotatable bonds is 0. The second-order valence-corrected chi connectivity index (χ2v) is 3.86. The number of halogens is 18. The normalized spacial score (nSPS) is 8.64. The Bertz CT molecular complexity index is 101. The van der Waals surface area contributed by atoms with Crippen molar-refractivity contribution in [2.24, 2.45) is 0 Å². The maximum absolute atomic E-state index is 9.77. The standard InChI is InChI=1S/6F3HP.Ru/c6*1-4(2)3;/h6*4H;/q6*+1;. The van der Waals surface area contributed by atoms with E-state index in [1.807, 2.05) is 0 Å². The van der Waals surface area contributed by atoms with Crippen LogP contribution in [-0.2, 0) is 19.5 Å². The Morgan fingerprint density at radius 3 is 0.200 bits per heavy atom. The average Bonchev–Trinajstić information content (AvgIpc) is 2.08. The predicted octanol–water partition coefficient (Wildman–Crippen LogP) is 11.1. The minimum absolute atomic E-state index is 0. The van der Waals surface area contributed by atoms with Crippen LogP contribution >= 0.6 is 53.1 Å². The van der Waals surface area contributed by atoms with Crippen LogP contribution in [0.25, 0.3) is 0 Å². The maximum Gasteiger partial charge on any atom is 0.558 e. The first-order valence-electron chi connectivity index (χ1n) is 3.40. The number of hydrogen-bond acceptors (Lipinski definition) is 0. The van der Waals surface area contributed by atoms with Gasteiger partial charge >= 0.3 is 53.1 Å². The Balaban J connectivity index is -0.0000000309. The molecule has 0 radical (unpaired) electrons. The van der Waals surface area contributed by atoms with Gasteiger partial charge in [-0.3, -0.25) is 0 Å². The molecule has 0 aromatic heterocycles. The summed E-state index contributed by atoms with van der Waals surface area (Å²) in [5.41, 5.74) is 0. The van der Waals surface area contributed by atoms with E-state index in [1.165, 1.54) is 0 Å². The van der Waals surface area contributed by atoms with Crippen LogP contribution in [-0.4, -0.2) is 0 Å². The van der Waals surface area contributed by atoms with Gasteiger partial charge in [0.25, 0.3) is 0 Å². The molecule has 0 aliphatic rings. The molecule has 25 heavy (non-hydrogen) atoms. The predicted molar refractivity (Wildman–Crippen MR) is 69.8 cm³/mol. The zero-order chi connectivity index (χ0) is 21.5. The van der Waals surface area contributed by atoms with E-state index in [9.17, 15) is 75.5 Å². The first-order chi connectivity index (χ1) is 10.4. The molecule has 164 valence electrons. The smallest absolute Gasteiger partial charge is 0 e. The van der Waals surface area contributed by atoms with E-state index >= 15 is 0 Å². The van der Waals surface area contributed by atoms with Crippen LogP contribution in [0.2, 0.25) is 0 Å². The average molecular weight is 635 g/mol. The van der Waals surface area contributed by atoms with Crippen molar-refractivity contribution < 1.29 is 95.0 Å². The summed E-state index contributed by atoms with van der Waals surface area (Å²) in [6.45, 7) is 0. The van der Waals surface area contributed by atoms with E-state index in [-0.39, 0.29) is 19.5 Å². The van der Waals surface area contributed by atoms with Crippen LogP contribution in [0.4, 0.5) is 75.5 Å². The molecule has 0 fully saturated rings. The monoisotopic (exact) mass is 636 g/mol. The van der Waals surface area contributed by atoms with Crippen molar-refractivity contribution in [3.8, 4) is 0 Å². The van der Waals surface area contributed by atoms with E-state index in [4.69, 9.17) is 0 Å². The molecule has 0 unspecified atom stereocenters. The third kappa shape index (κ3) is 3940. The van der Waals surface area contributed by atoms with Gasteiger partial charge in [-0.15, -0.1) is 0 Å². The molecule has 0 saturated carbocycles. The summed E-state index contributed by atoms with van der Waals surface area (Å²) in [4.78, 5) is 0. The Morgan fingerprint density at radius 2 is 0.200 bits per heavy atom. The van der Waals surface area contributed by atoms with E-state index in [0.717, 1.165) is 0 Å². The molecule has 0 heterocycles. The van der Waals surface area contributed by atoms with E-state index in [0.29, 0.717) is 0 Å². The molecule has 0 N–H and O–H groups in total. The van der Waals surface area contributed by atoms with Crippen LogP contribution in [0.3, 0.4) is 0 Å². The molecule has 0 saturated heterocycles. The van der Waals surface area contributed by atoms with Crippen LogP contribution in [0, 0.1) is 0 Å². The van der Waals surface area contributed by atoms with Crippen molar-refractivity contribution in [3.05, 3.63) is 0 Å². The first kappa shape index (κ1) is 45.6. The summed E-state index contributed by atoms with van der Waals surface area (Å²) in [5.74, 6) is 0. The summed E-state index contributed by atoms with van der Waals surface area (Å²) >= 11 is 0. The van der Waals surface area contributed by atoms with Gasteiger partial charge in [-0.05, 0) is 0 Å². The van der Waals surface area contributed by atoms with Crippen LogP contribution < -0.4 is 0 Å². The largest absolute Gasteiger partial charge is 0.558 e. The van der Waals surface area contributed by atoms with Crippen LogP contribution in [0.1, 0.15) is 0 Å². The molecule has 0 bridgehead atoms.